The summed E-state index contributed by atoms with van der Waals surface area (Å²) in [6.45, 7) is 0.559. The van der Waals surface area contributed by atoms with Gasteiger partial charge in [0, 0.05) is 16.6 Å². The first-order valence-electron chi connectivity index (χ1n) is 9.40. The Kier molecular flexibility index (Phi) is 6.05. The fourth-order valence-corrected chi connectivity index (χ4v) is 3.72. The second kappa shape index (κ2) is 8.52. The molecule has 0 aliphatic heterocycles. The Labute approximate surface area is 171 Å². The van der Waals surface area contributed by atoms with Crippen LogP contribution in [-0.2, 0) is 4.79 Å². The minimum absolute atomic E-state index is 0.0394. The van der Waals surface area contributed by atoms with Gasteiger partial charge in [0.15, 0.2) is 0 Å². The van der Waals surface area contributed by atoms with E-state index in [0.29, 0.717) is 35.0 Å². The predicted octanol–water partition coefficient (Wildman–Crippen LogP) is 4.91. The Hall–Kier alpha value is -3.42. The standard InChI is InChI=1S/C22H21F2NO5/c1-3-4-16(21(28)29)19-12(2)25(18-10-7-14(26)11-17(18)19)20(27)13-5-8-15(9-6-13)30-22(23)24/h5-11,16,22,26H,3-4H2,1-2H3,(H,28,29). The van der Waals surface area contributed by atoms with Gasteiger partial charge in [-0.1, -0.05) is 13.3 Å². The SMILES string of the molecule is CCCC(C(=O)O)c1c(C)n(C(=O)c2ccc(OC(F)F)cc2)c2ccc(O)cc12. The monoisotopic (exact) mass is 417 g/mol. The van der Waals surface area contributed by atoms with Gasteiger partial charge in [-0.25, -0.2) is 0 Å². The molecule has 6 nitrogen and oxygen atoms in total. The molecule has 1 unspecified atom stereocenters. The van der Waals surface area contributed by atoms with Gasteiger partial charge in [0.05, 0.1) is 11.4 Å². The van der Waals surface area contributed by atoms with E-state index in [1.807, 2.05) is 6.92 Å². The number of hydrogen-bond donors (Lipinski definition) is 2. The number of hydrogen-bond acceptors (Lipinski definition) is 4. The molecule has 0 radical (unpaired) electrons. The fraction of sp³-hybridized carbons (Fsp3) is 0.273. The molecule has 0 spiro atoms. The first-order valence-corrected chi connectivity index (χ1v) is 9.40. The van der Waals surface area contributed by atoms with Gasteiger partial charge in [-0.15, -0.1) is 0 Å². The molecule has 1 atom stereocenters. The number of aliphatic carboxylic acids is 1. The Morgan fingerprint density at radius 2 is 1.80 bits per heavy atom. The average molecular weight is 417 g/mol. The number of carbonyl (C=O) groups is 2. The zero-order valence-electron chi connectivity index (χ0n) is 16.4. The minimum Gasteiger partial charge on any atom is -0.508 e. The molecule has 1 aromatic heterocycles. The fourth-order valence-electron chi connectivity index (χ4n) is 3.72. The van der Waals surface area contributed by atoms with Gasteiger partial charge in [0.1, 0.15) is 11.5 Å². The number of nitrogens with zero attached hydrogens (tertiary/aromatic N) is 1. The number of carboxylic acid groups (broad SMARTS) is 1. The number of ether oxygens (including phenoxy) is 1. The van der Waals surface area contributed by atoms with Crippen LogP contribution in [0.5, 0.6) is 11.5 Å². The molecule has 3 rings (SSSR count). The largest absolute Gasteiger partial charge is 0.508 e. The van der Waals surface area contributed by atoms with Crippen LogP contribution in [0, 0.1) is 6.92 Å². The van der Waals surface area contributed by atoms with Crippen LogP contribution in [0.25, 0.3) is 10.9 Å². The Balaban J connectivity index is 2.15. The summed E-state index contributed by atoms with van der Waals surface area (Å²) in [5.74, 6) is -2.41. The lowest BCUT2D eigenvalue weighted by molar-refractivity contribution is -0.139. The van der Waals surface area contributed by atoms with Crippen molar-refractivity contribution in [2.75, 3.05) is 0 Å². The molecule has 30 heavy (non-hydrogen) atoms. The molecule has 2 aromatic carbocycles. The summed E-state index contributed by atoms with van der Waals surface area (Å²) in [7, 11) is 0. The van der Waals surface area contributed by atoms with Crippen LogP contribution in [0.1, 0.15) is 47.3 Å². The third-order valence-corrected chi connectivity index (χ3v) is 4.99. The van der Waals surface area contributed by atoms with Gasteiger partial charge in [-0.2, -0.15) is 8.78 Å². The molecule has 8 heteroatoms. The lowest BCUT2D eigenvalue weighted by Crippen LogP contribution is -2.16. The maximum Gasteiger partial charge on any atom is 0.387 e. The normalized spacial score (nSPS) is 12.3. The number of phenols is 1. The molecule has 0 fully saturated rings. The Morgan fingerprint density at radius 1 is 1.13 bits per heavy atom. The van der Waals surface area contributed by atoms with Crippen molar-refractivity contribution in [2.24, 2.45) is 0 Å². The van der Waals surface area contributed by atoms with E-state index in [-0.39, 0.29) is 17.1 Å². The number of alkyl halides is 2. The predicted molar refractivity (Wildman–Crippen MR) is 106 cm³/mol. The summed E-state index contributed by atoms with van der Waals surface area (Å²) in [4.78, 5) is 25.1. The van der Waals surface area contributed by atoms with E-state index in [1.54, 1.807) is 13.0 Å². The number of aromatic nitrogens is 1. The molecule has 0 amide bonds. The van der Waals surface area contributed by atoms with Crippen LogP contribution in [0.2, 0.25) is 0 Å². The summed E-state index contributed by atoms with van der Waals surface area (Å²) < 4.78 is 30.4. The molecule has 0 aliphatic carbocycles. The zero-order valence-corrected chi connectivity index (χ0v) is 16.4. The molecule has 3 aromatic rings. The molecule has 0 saturated carbocycles. The van der Waals surface area contributed by atoms with Crippen molar-refractivity contribution in [1.82, 2.24) is 4.57 Å². The maximum atomic E-state index is 13.2. The van der Waals surface area contributed by atoms with Crippen molar-refractivity contribution < 1.29 is 33.3 Å². The number of carbonyl (C=O) groups excluding carboxylic acids is 1. The van der Waals surface area contributed by atoms with Crippen molar-refractivity contribution >= 4 is 22.8 Å². The number of benzene rings is 2. The van der Waals surface area contributed by atoms with E-state index in [4.69, 9.17) is 0 Å². The lowest BCUT2D eigenvalue weighted by Gasteiger charge is -2.13. The number of carboxylic acids is 1. The van der Waals surface area contributed by atoms with Gasteiger partial charge in [0.2, 0.25) is 0 Å². The van der Waals surface area contributed by atoms with Crippen LogP contribution >= 0.6 is 0 Å². The summed E-state index contributed by atoms with van der Waals surface area (Å²) in [5.41, 5.74) is 1.61. The highest BCUT2D eigenvalue weighted by molar-refractivity contribution is 6.05. The Morgan fingerprint density at radius 3 is 2.37 bits per heavy atom. The first-order chi connectivity index (χ1) is 14.2. The van der Waals surface area contributed by atoms with Gasteiger partial charge in [0.25, 0.3) is 5.91 Å². The van der Waals surface area contributed by atoms with Crippen LogP contribution in [0.15, 0.2) is 42.5 Å². The van der Waals surface area contributed by atoms with E-state index in [2.05, 4.69) is 4.74 Å². The minimum atomic E-state index is -2.97. The van der Waals surface area contributed by atoms with Crippen LogP contribution in [-0.4, -0.2) is 33.3 Å². The van der Waals surface area contributed by atoms with E-state index in [1.165, 1.54) is 41.0 Å². The molecule has 2 N–H and O–H groups in total. The van der Waals surface area contributed by atoms with Crippen molar-refractivity contribution in [3.63, 3.8) is 0 Å². The molecular formula is C22H21F2NO5. The lowest BCUT2D eigenvalue weighted by atomic mass is 9.92. The van der Waals surface area contributed by atoms with Crippen molar-refractivity contribution in [2.45, 2.75) is 39.2 Å². The van der Waals surface area contributed by atoms with Crippen molar-refractivity contribution in [3.8, 4) is 11.5 Å². The molecule has 0 aliphatic rings. The number of halogens is 2. The van der Waals surface area contributed by atoms with Crippen molar-refractivity contribution in [3.05, 3.63) is 59.3 Å². The molecule has 158 valence electrons. The number of aromatic hydroxyl groups is 1. The van der Waals surface area contributed by atoms with Gasteiger partial charge in [-0.3, -0.25) is 14.2 Å². The third kappa shape index (κ3) is 3.98. The molecule has 0 bridgehead atoms. The van der Waals surface area contributed by atoms with E-state index in [0.717, 1.165) is 0 Å². The van der Waals surface area contributed by atoms with Crippen LogP contribution in [0.3, 0.4) is 0 Å². The van der Waals surface area contributed by atoms with Gasteiger partial charge < -0.3 is 14.9 Å². The van der Waals surface area contributed by atoms with E-state index in [9.17, 15) is 28.6 Å². The highest BCUT2D eigenvalue weighted by Crippen LogP contribution is 2.36. The zero-order chi connectivity index (χ0) is 22.0. The highest BCUT2D eigenvalue weighted by Gasteiger charge is 2.29. The smallest absolute Gasteiger partial charge is 0.387 e. The third-order valence-electron chi connectivity index (χ3n) is 4.99. The average Bonchev–Trinajstić information content (AvgIpc) is 2.96. The summed E-state index contributed by atoms with van der Waals surface area (Å²) in [5, 5.41) is 20.2. The molecule has 1 heterocycles. The number of phenolic OH excluding ortho intramolecular Hbond substituents is 1. The highest BCUT2D eigenvalue weighted by atomic mass is 19.3. The van der Waals surface area contributed by atoms with Crippen LogP contribution in [0.4, 0.5) is 8.78 Å². The molecule has 0 saturated heterocycles. The summed E-state index contributed by atoms with van der Waals surface area (Å²) in [6.07, 6.45) is 1.00. The maximum absolute atomic E-state index is 13.2. The number of rotatable bonds is 7. The second-order valence-corrected chi connectivity index (χ2v) is 6.92. The number of fused-ring (bicyclic) bond motifs is 1. The van der Waals surface area contributed by atoms with E-state index < -0.39 is 24.4 Å². The summed E-state index contributed by atoms with van der Waals surface area (Å²) in [6, 6.07) is 9.70. The topological polar surface area (TPSA) is 88.8 Å². The first kappa shape index (κ1) is 21.3. The summed E-state index contributed by atoms with van der Waals surface area (Å²) >= 11 is 0. The van der Waals surface area contributed by atoms with Crippen LogP contribution < -0.4 is 4.74 Å². The Bertz CT molecular complexity index is 1090. The van der Waals surface area contributed by atoms with E-state index >= 15 is 0 Å². The van der Waals surface area contributed by atoms with Crippen molar-refractivity contribution in [1.29, 1.82) is 0 Å². The quantitative estimate of drug-likeness (QED) is 0.570. The van der Waals surface area contributed by atoms with Gasteiger partial charge in [-0.05, 0) is 61.4 Å². The van der Waals surface area contributed by atoms with Gasteiger partial charge >= 0.3 is 12.6 Å². The second-order valence-electron chi connectivity index (χ2n) is 6.92. The molecular weight excluding hydrogens is 396 g/mol.